The van der Waals surface area contributed by atoms with Gasteiger partial charge in [0.2, 0.25) is 0 Å². The summed E-state index contributed by atoms with van der Waals surface area (Å²) in [5, 5.41) is 0. The second kappa shape index (κ2) is 7.25. The lowest BCUT2D eigenvalue weighted by Crippen LogP contribution is -2.23. The van der Waals surface area contributed by atoms with Crippen molar-refractivity contribution in [1.82, 2.24) is 4.90 Å². The topological polar surface area (TPSA) is 38.5 Å². The molecule has 0 unspecified atom stereocenters. The molecule has 2 N–H and O–H groups in total. The van der Waals surface area contributed by atoms with Crippen LogP contribution in [-0.4, -0.2) is 38.8 Å². The molecule has 90 valence electrons. The first kappa shape index (κ1) is 13.0. The van der Waals surface area contributed by atoms with Gasteiger partial charge in [0.05, 0.1) is 0 Å². The van der Waals surface area contributed by atoms with E-state index in [1.54, 1.807) is 7.11 Å². The highest BCUT2D eigenvalue weighted by molar-refractivity contribution is 5.46. The van der Waals surface area contributed by atoms with Crippen LogP contribution in [0, 0.1) is 0 Å². The van der Waals surface area contributed by atoms with Gasteiger partial charge in [0.1, 0.15) is 0 Å². The van der Waals surface area contributed by atoms with E-state index in [1.165, 1.54) is 5.56 Å². The fraction of sp³-hybridized carbons (Fsp3) is 0.538. The zero-order valence-electron chi connectivity index (χ0n) is 10.3. The minimum Gasteiger partial charge on any atom is -0.399 e. The van der Waals surface area contributed by atoms with Gasteiger partial charge in [-0.3, -0.25) is 0 Å². The number of rotatable bonds is 7. The summed E-state index contributed by atoms with van der Waals surface area (Å²) in [5.74, 6) is 0. The maximum absolute atomic E-state index is 5.89. The van der Waals surface area contributed by atoms with Crippen LogP contribution in [0.2, 0.25) is 0 Å². The number of hydrogen-bond acceptors (Lipinski definition) is 3. The molecule has 0 heterocycles. The van der Waals surface area contributed by atoms with E-state index in [0.717, 1.165) is 38.2 Å². The molecule has 0 aliphatic heterocycles. The smallest absolute Gasteiger partial charge is 0.0474 e. The van der Waals surface area contributed by atoms with E-state index in [9.17, 15) is 0 Å². The number of nitrogens with two attached hydrogens (primary N) is 1. The Morgan fingerprint density at radius 1 is 1.25 bits per heavy atom. The van der Waals surface area contributed by atoms with Gasteiger partial charge in [-0.15, -0.1) is 0 Å². The van der Waals surface area contributed by atoms with Gasteiger partial charge < -0.3 is 15.4 Å². The minimum atomic E-state index is 0.831. The molecule has 16 heavy (non-hydrogen) atoms. The van der Waals surface area contributed by atoms with E-state index in [2.05, 4.69) is 18.0 Å². The van der Waals surface area contributed by atoms with Crippen LogP contribution in [0.4, 0.5) is 5.69 Å². The maximum atomic E-state index is 5.89. The Labute approximate surface area is 98.2 Å². The number of ether oxygens (including phenoxy) is 1. The van der Waals surface area contributed by atoms with Crippen LogP contribution >= 0.6 is 0 Å². The summed E-state index contributed by atoms with van der Waals surface area (Å²) in [6.07, 6.45) is 2.09. The van der Waals surface area contributed by atoms with Gasteiger partial charge in [-0.05, 0) is 31.5 Å². The lowest BCUT2D eigenvalue weighted by Gasteiger charge is -2.16. The lowest BCUT2D eigenvalue weighted by atomic mass is 10.1. The molecule has 0 radical (unpaired) electrons. The monoisotopic (exact) mass is 222 g/mol. The van der Waals surface area contributed by atoms with E-state index >= 15 is 0 Å². The van der Waals surface area contributed by atoms with Crippen molar-refractivity contribution in [3.63, 3.8) is 0 Å². The highest BCUT2D eigenvalue weighted by Crippen LogP contribution is 2.11. The number of anilines is 1. The number of para-hydroxylation sites is 1. The van der Waals surface area contributed by atoms with E-state index in [1.807, 2.05) is 18.2 Å². The maximum Gasteiger partial charge on any atom is 0.0474 e. The molecule has 0 aliphatic carbocycles. The molecule has 0 amide bonds. The van der Waals surface area contributed by atoms with Crippen molar-refractivity contribution in [2.75, 3.05) is 39.6 Å². The van der Waals surface area contributed by atoms with Crippen molar-refractivity contribution in [2.24, 2.45) is 0 Å². The number of likely N-dealkylation sites (N-methyl/N-ethyl adjacent to an activating group) is 1. The molecule has 0 atom stereocenters. The molecule has 0 spiro atoms. The largest absolute Gasteiger partial charge is 0.399 e. The van der Waals surface area contributed by atoms with Crippen LogP contribution in [-0.2, 0) is 11.2 Å². The highest BCUT2D eigenvalue weighted by atomic mass is 16.5. The molecular formula is C13H22N2O. The van der Waals surface area contributed by atoms with Gasteiger partial charge in [0.15, 0.2) is 0 Å². The van der Waals surface area contributed by atoms with E-state index in [-0.39, 0.29) is 0 Å². The fourth-order valence-electron chi connectivity index (χ4n) is 1.66. The second-order valence-electron chi connectivity index (χ2n) is 4.10. The summed E-state index contributed by atoms with van der Waals surface area (Å²) in [4.78, 5) is 2.31. The number of methoxy groups -OCH3 is 1. The summed E-state index contributed by atoms with van der Waals surface area (Å²) < 4.78 is 5.03. The van der Waals surface area contributed by atoms with Crippen LogP contribution in [0.3, 0.4) is 0 Å². The molecular weight excluding hydrogens is 200 g/mol. The molecule has 0 saturated heterocycles. The summed E-state index contributed by atoms with van der Waals surface area (Å²) in [5.41, 5.74) is 8.02. The Morgan fingerprint density at radius 3 is 2.69 bits per heavy atom. The average Bonchev–Trinajstić information content (AvgIpc) is 2.28. The Morgan fingerprint density at radius 2 is 2.00 bits per heavy atom. The SMILES string of the molecule is COCCCN(C)CCc1ccccc1N. The first-order valence-electron chi connectivity index (χ1n) is 5.75. The van der Waals surface area contributed by atoms with E-state index in [0.29, 0.717) is 0 Å². The highest BCUT2D eigenvalue weighted by Gasteiger charge is 2.01. The summed E-state index contributed by atoms with van der Waals surface area (Å²) in [6.45, 7) is 2.94. The summed E-state index contributed by atoms with van der Waals surface area (Å²) in [7, 11) is 3.87. The zero-order chi connectivity index (χ0) is 11.8. The molecule has 1 rings (SSSR count). The molecule has 0 bridgehead atoms. The third-order valence-electron chi connectivity index (χ3n) is 2.71. The van der Waals surface area contributed by atoms with Gasteiger partial charge in [-0.25, -0.2) is 0 Å². The Balaban J connectivity index is 2.26. The Kier molecular flexibility index (Phi) is 5.90. The average molecular weight is 222 g/mol. The van der Waals surface area contributed by atoms with Crippen LogP contribution in [0.25, 0.3) is 0 Å². The molecule has 0 saturated carbocycles. The molecule has 0 fully saturated rings. The van der Waals surface area contributed by atoms with Crippen LogP contribution in [0.5, 0.6) is 0 Å². The van der Waals surface area contributed by atoms with Crippen molar-refractivity contribution in [3.05, 3.63) is 29.8 Å². The van der Waals surface area contributed by atoms with Gasteiger partial charge in [0.25, 0.3) is 0 Å². The normalized spacial score (nSPS) is 10.9. The predicted molar refractivity (Wildman–Crippen MR) is 68.5 cm³/mol. The van der Waals surface area contributed by atoms with Crippen molar-refractivity contribution in [1.29, 1.82) is 0 Å². The van der Waals surface area contributed by atoms with Gasteiger partial charge in [-0.2, -0.15) is 0 Å². The second-order valence-corrected chi connectivity index (χ2v) is 4.10. The standard InChI is InChI=1S/C13H22N2O/c1-15(9-5-11-16-2)10-8-12-6-3-4-7-13(12)14/h3-4,6-7H,5,8-11,14H2,1-2H3. The molecule has 0 aliphatic rings. The predicted octanol–water partition coefficient (Wildman–Crippen LogP) is 1.78. The molecule has 3 heteroatoms. The van der Waals surface area contributed by atoms with E-state index in [4.69, 9.17) is 10.5 Å². The molecule has 0 aromatic heterocycles. The molecule has 1 aromatic rings. The van der Waals surface area contributed by atoms with E-state index < -0.39 is 0 Å². The van der Waals surface area contributed by atoms with Crippen molar-refractivity contribution in [3.8, 4) is 0 Å². The number of nitrogens with zero attached hydrogens (tertiary/aromatic N) is 1. The van der Waals surface area contributed by atoms with Crippen molar-refractivity contribution in [2.45, 2.75) is 12.8 Å². The number of hydrogen-bond donors (Lipinski definition) is 1. The van der Waals surface area contributed by atoms with Crippen LogP contribution in [0.1, 0.15) is 12.0 Å². The van der Waals surface area contributed by atoms with Crippen molar-refractivity contribution >= 4 is 5.69 Å². The first-order chi connectivity index (χ1) is 7.74. The third-order valence-corrected chi connectivity index (χ3v) is 2.71. The molecule has 1 aromatic carbocycles. The minimum absolute atomic E-state index is 0.831. The lowest BCUT2D eigenvalue weighted by molar-refractivity contribution is 0.179. The Hall–Kier alpha value is -1.06. The quantitative estimate of drug-likeness (QED) is 0.564. The Bertz CT molecular complexity index is 302. The number of benzene rings is 1. The van der Waals surface area contributed by atoms with Crippen molar-refractivity contribution < 1.29 is 4.74 Å². The van der Waals surface area contributed by atoms with Crippen LogP contribution in [0.15, 0.2) is 24.3 Å². The van der Waals surface area contributed by atoms with Crippen LogP contribution < -0.4 is 5.73 Å². The zero-order valence-corrected chi connectivity index (χ0v) is 10.3. The molecule has 3 nitrogen and oxygen atoms in total. The summed E-state index contributed by atoms with van der Waals surface area (Å²) in [6, 6.07) is 8.07. The van der Waals surface area contributed by atoms with Gasteiger partial charge >= 0.3 is 0 Å². The first-order valence-corrected chi connectivity index (χ1v) is 5.75. The number of nitrogen functional groups attached to an aromatic ring is 1. The third kappa shape index (κ3) is 4.64. The van der Waals surface area contributed by atoms with Gasteiger partial charge in [0, 0.05) is 32.5 Å². The summed E-state index contributed by atoms with van der Waals surface area (Å²) >= 11 is 0. The fourth-order valence-corrected chi connectivity index (χ4v) is 1.66. The van der Waals surface area contributed by atoms with Gasteiger partial charge in [-0.1, -0.05) is 18.2 Å².